The van der Waals surface area contributed by atoms with Crippen LogP contribution >= 0.6 is 8.58 Å². The fourth-order valence-corrected chi connectivity index (χ4v) is 2.19. The summed E-state index contributed by atoms with van der Waals surface area (Å²) in [5, 5.41) is 0. The lowest BCUT2D eigenvalue weighted by Crippen LogP contribution is -1.78. The van der Waals surface area contributed by atoms with Crippen LogP contribution in [0.25, 0.3) is 0 Å². The molecule has 0 fully saturated rings. The lowest BCUT2D eigenvalue weighted by atomic mass is 10.4. The summed E-state index contributed by atoms with van der Waals surface area (Å²) in [7, 11) is 1.25. The molecule has 0 atom stereocenters. The van der Waals surface area contributed by atoms with Gasteiger partial charge in [0.2, 0.25) is 0 Å². The summed E-state index contributed by atoms with van der Waals surface area (Å²) < 4.78 is 0. The molecule has 0 aromatic carbocycles. The number of rotatable bonds is 6. The minimum Gasteiger partial charge on any atom is -0.122 e. The van der Waals surface area contributed by atoms with E-state index in [1.54, 1.807) is 0 Å². The van der Waals surface area contributed by atoms with Crippen molar-refractivity contribution in [3.63, 3.8) is 0 Å². The van der Waals surface area contributed by atoms with E-state index in [9.17, 15) is 0 Å². The molecule has 0 bridgehead atoms. The quantitative estimate of drug-likeness (QED) is 0.418. The SMILES string of the molecule is CC.CCCCPCCCC. The van der Waals surface area contributed by atoms with E-state index in [4.69, 9.17) is 0 Å². The Balaban J connectivity index is 0. The Morgan fingerprint density at radius 2 is 1.18 bits per heavy atom. The summed E-state index contributed by atoms with van der Waals surface area (Å²) >= 11 is 0. The highest BCUT2D eigenvalue weighted by Crippen LogP contribution is 2.14. The summed E-state index contributed by atoms with van der Waals surface area (Å²) in [4.78, 5) is 0. The second kappa shape index (κ2) is 16.8. The minimum absolute atomic E-state index is 1.25. The Hall–Kier alpha value is 0.430. The van der Waals surface area contributed by atoms with Gasteiger partial charge in [-0.05, 0) is 25.2 Å². The van der Waals surface area contributed by atoms with Crippen molar-refractivity contribution < 1.29 is 0 Å². The molecule has 0 N–H and O–H groups in total. The van der Waals surface area contributed by atoms with Gasteiger partial charge in [0.05, 0.1) is 0 Å². The first-order valence-electron chi connectivity index (χ1n) is 5.12. The summed E-state index contributed by atoms with van der Waals surface area (Å²) in [6, 6.07) is 0. The molecule has 0 aliphatic heterocycles. The first-order valence-corrected chi connectivity index (χ1v) is 6.54. The van der Waals surface area contributed by atoms with Crippen molar-refractivity contribution in [2.75, 3.05) is 12.3 Å². The van der Waals surface area contributed by atoms with Crippen LogP contribution in [-0.2, 0) is 0 Å². The van der Waals surface area contributed by atoms with E-state index in [0.717, 1.165) is 0 Å². The Labute approximate surface area is 74.9 Å². The topological polar surface area (TPSA) is 0 Å². The molecular formula is C10H25P. The number of unbranched alkanes of at least 4 members (excludes halogenated alkanes) is 2. The summed E-state index contributed by atoms with van der Waals surface area (Å²) in [6.45, 7) is 8.54. The molecule has 0 unspecified atom stereocenters. The average Bonchev–Trinajstić information content (AvgIpc) is 2.08. The van der Waals surface area contributed by atoms with Gasteiger partial charge in [0, 0.05) is 0 Å². The maximum Gasteiger partial charge on any atom is -0.0354 e. The monoisotopic (exact) mass is 176 g/mol. The van der Waals surface area contributed by atoms with E-state index in [0.29, 0.717) is 0 Å². The predicted octanol–water partition coefficient (Wildman–Crippen LogP) is 4.29. The molecule has 11 heavy (non-hydrogen) atoms. The Morgan fingerprint density at radius 1 is 0.818 bits per heavy atom. The Bertz CT molecular complexity index is 38.1. The largest absolute Gasteiger partial charge is 0.122 e. The minimum atomic E-state index is 1.25. The summed E-state index contributed by atoms with van der Waals surface area (Å²) in [5.74, 6) is 0. The van der Waals surface area contributed by atoms with E-state index in [-0.39, 0.29) is 0 Å². The van der Waals surface area contributed by atoms with Crippen LogP contribution < -0.4 is 0 Å². The van der Waals surface area contributed by atoms with E-state index in [2.05, 4.69) is 13.8 Å². The molecule has 0 saturated heterocycles. The average molecular weight is 176 g/mol. The van der Waals surface area contributed by atoms with Crippen LogP contribution in [0.15, 0.2) is 0 Å². The van der Waals surface area contributed by atoms with Gasteiger partial charge in [-0.15, -0.1) is 8.58 Å². The van der Waals surface area contributed by atoms with Crippen molar-refractivity contribution in [2.45, 2.75) is 53.4 Å². The maximum absolute atomic E-state index is 2.27. The van der Waals surface area contributed by atoms with Crippen molar-refractivity contribution in [2.24, 2.45) is 0 Å². The molecule has 0 aromatic rings. The first kappa shape index (κ1) is 14.0. The molecule has 0 aliphatic carbocycles. The van der Waals surface area contributed by atoms with Gasteiger partial charge in [-0.3, -0.25) is 0 Å². The van der Waals surface area contributed by atoms with E-state index in [1.807, 2.05) is 13.8 Å². The molecule has 0 heterocycles. The third kappa shape index (κ3) is 17.9. The third-order valence-electron chi connectivity index (χ3n) is 1.41. The van der Waals surface area contributed by atoms with Gasteiger partial charge in [-0.1, -0.05) is 40.5 Å². The highest BCUT2D eigenvalue weighted by molar-refractivity contribution is 7.37. The van der Waals surface area contributed by atoms with Gasteiger partial charge in [0.1, 0.15) is 0 Å². The standard InChI is InChI=1S/C8H19P.C2H6/c1-3-5-7-9-8-6-4-2;1-2/h9H,3-8H2,1-2H3;1-2H3. The number of hydrogen-bond acceptors (Lipinski definition) is 0. The van der Waals surface area contributed by atoms with Crippen molar-refractivity contribution in [3.05, 3.63) is 0 Å². The number of hydrogen-bond donors (Lipinski definition) is 0. The van der Waals surface area contributed by atoms with Gasteiger partial charge < -0.3 is 0 Å². The van der Waals surface area contributed by atoms with Crippen LogP contribution in [0, 0.1) is 0 Å². The van der Waals surface area contributed by atoms with Crippen LogP contribution in [0.2, 0.25) is 0 Å². The zero-order valence-corrected chi connectivity index (χ0v) is 9.74. The second-order valence-corrected chi connectivity index (χ2v) is 3.96. The molecule has 0 aliphatic rings. The van der Waals surface area contributed by atoms with E-state index in [1.165, 1.54) is 46.6 Å². The van der Waals surface area contributed by atoms with Crippen LogP contribution in [0.3, 0.4) is 0 Å². The molecule has 0 rings (SSSR count). The van der Waals surface area contributed by atoms with Crippen LogP contribution in [-0.4, -0.2) is 12.3 Å². The second-order valence-electron chi connectivity index (χ2n) is 2.46. The molecule has 0 amide bonds. The Morgan fingerprint density at radius 3 is 1.45 bits per heavy atom. The fraction of sp³-hybridized carbons (Fsp3) is 1.00. The molecule has 70 valence electrons. The smallest absolute Gasteiger partial charge is 0.0354 e. The molecule has 0 aromatic heterocycles. The summed E-state index contributed by atoms with van der Waals surface area (Å²) in [5.41, 5.74) is 0. The Kier molecular flexibility index (Phi) is 21.4. The van der Waals surface area contributed by atoms with Crippen molar-refractivity contribution in [1.29, 1.82) is 0 Å². The molecule has 1 heteroatoms. The highest BCUT2D eigenvalue weighted by Gasteiger charge is 1.85. The van der Waals surface area contributed by atoms with Gasteiger partial charge in [0.15, 0.2) is 0 Å². The van der Waals surface area contributed by atoms with Crippen molar-refractivity contribution in [3.8, 4) is 0 Å². The van der Waals surface area contributed by atoms with E-state index >= 15 is 0 Å². The zero-order chi connectivity index (χ0) is 8.95. The predicted molar refractivity (Wildman–Crippen MR) is 59.2 cm³/mol. The van der Waals surface area contributed by atoms with Crippen molar-refractivity contribution >= 4 is 8.58 Å². The first-order chi connectivity index (χ1) is 5.41. The van der Waals surface area contributed by atoms with Gasteiger partial charge in [0.25, 0.3) is 0 Å². The molecule has 0 radical (unpaired) electrons. The normalized spacial score (nSPS) is 8.73. The van der Waals surface area contributed by atoms with Crippen LogP contribution in [0.4, 0.5) is 0 Å². The summed E-state index contributed by atoms with van der Waals surface area (Å²) in [6.07, 6.45) is 8.61. The molecule has 0 spiro atoms. The zero-order valence-electron chi connectivity index (χ0n) is 8.74. The van der Waals surface area contributed by atoms with Gasteiger partial charge >= 0.3 is 0 Å². The van der Waals surface area contributed by atoms with Crippen LogP contribution in [0.5, 0.6) is 0 Å². The van der Waals surface area contributed by atoms with Crippen LogP contribution in [0.1, 0.15) is 53.4 Å². The maximum atomic E-state index is 2.27. The lowest BCUT2D eigenvalue weighted by Gasteiger charge is -1.96. The molecular weight excluding hydrogens is 151 g/mol. The van der Waals surface area contributed by atoms with E-state index < -0.39 is 0 Å². The third-order valence-corrected chi connectivity index (χ3v) is 2.83. The molecule has 0 nitrogen and oxygen atoms in total. The van der Waals surface area contributed by atoms with Gasteiger partial charge in [-0.25, -0.2) is 0 Å². The fourth-order valence-electron chi connectivity index (χ4n) is 0.729. The van der Waals surface area contributed by atoms with Crippen molar-refractivity contribution in [1.82, 2.24) is 0 Å². The molecule has 0 saturated carbocycles. The van der Waals surface area contributed by atoms with Gasteiger partial charge in [-0.2, -0.15) is 0 Å². The highest BCUT2D eigenvalue weighted by atomic mass is 31.1. The lowest BCUT2D eigenvalue weighted by molar-refractivity contribution is 0.874.